The van der Waals surface area contributed by atoms with Gasteiger partial charge in [0.05, 0.1) is 15.6 Å². The summed E-state index contributed by atoms with van der Waals surface area (Å²) >= 11 is 18.1. The third kappa shape index (κ3) is 3.58. The van der Waals surface area contributed by atoms with E-state index in [1.807, 2.05) is 37.3 Å². The van der Waals surface area contributed by atoms with Crippen molar-refractivity contribution in [3.05, 3.63) is 63.2 Å². The third-order valence-electron chi connectivity index (χ3n) is 3.10. The lowest BCUT2D eigenvalue weighted by molar-refractivity contribution is 1.25. The number of anilines is 2. The van der Waals surface area contributed by atoms with Gasteiger partial charge in [-0.15, -0.1) is 12.4 Å². The van der Waals surface area contributed by atoms with E-state index in [0.29, 0.717) is 15.1 Å². The number of fused-ring (bicyclic) bond motifs is 1. The Bertz CT molecular complexity index is 834. The first-order valence-electron chi connectivity index (χ1n) is 6.32. The molecule has 0 aliphatic carbocycles. The average Bonchev–Trinajstić information content (AvgIpc) is 2.43. The van der Waals surface area contributed by atoms with Gasteiger partial charge in [0.1, 0.15) is 0 Å². The van der Waals surface area contributed by atoms with Gasteiger partial charge in [-0.25, -0.2) is 0 Å². The number of hydrogen-bond acceptors (Lipinski definition) is 2. The highest BCUT2D eigenvalue weighted by molar-refractivity contribution is 6.42. The van der Waals surface area contributed by atoms with Gasteiger partial charge in [0, 0.05) is 27.5 Å². The first kappa shape index (κ1) is 17.2. The molecule has 114 valence electrons. The van der Waals surface area contributed by atoms with Gasteiger partial charge in [-0.05, 0) is 49.4 Å². The molecular weight excluding hydrogens is 362 g/mol. The van der Waals surface area contributed by atoms with Crippen molar-refractivity contribution in [2.45, 2.75) is 6.92 Å². The zero-order chi connectivity index (χ0) is 15.0. The Balaban J connectivity index is 0.00000176. The summed E-state index contributed by atoms with van der Waals surface area (Å²) in [7, 11) is 0. The Hall–Kier alpha value is -1.19. The summed E-state index contributed by atoms with van der Waals surface area (Å²) in [5.74, 6) is 0. The van der Waals surface area contributed by atoms with E-state index in [1.165, 1.54) is 0 Å². The first-order chi connectivity index (χ1) is 10.0. The maximum Gasteiger partial charge on any atom is 0.0727 e. The molecule has 0 atom stereocenters. The van der Waals surface area contributed by atoms with Crippen LogP contribution in [0.4, 0.5) is 11.4 Å². The standard InChI is InChI=1S/C16H11Cl3N2.ClH/c1-9-6-16(12-7-10(17)2-5-15(12)20-9)21-11-3-4-13(18)14(19)8-11;/h2-8H,1H3,(H,20,21);1H. The number of halogens is 4. The van der Waals surface area contributed by atoms with Crippen LogP contribution in [0.1, 0.15) is 5.69 Å². The number of nitrogens with zero attached hydrogens (tertiary/aromatic N) is 1. The molecule has 2 aromatic carbocycles. The summed E-state index contributed by atoms with van der Waals surface area (Å²) in [5.41, 5.74) is 3.60. The second-order valence-corrected chi connectivity index (χ2v) is 5.98. The maximum atomic E-state index is 6.09. The smallest absolute Gasteiger partial charge is 0.0727 e. The highest BCUT2D eigenvalue weighted by Gasteiger charge is 2.06. The van der Waals surface area contributed by atoms with Gasteiger partial charge >= 0.3 is 0 Å². The van der Waals surface area contributed by atoms with Crippen molar-refractivity contribution in [3.8, 4) is 0 Å². The van der Waals surface area contributed by atoms with Crippen LogP contribution in [0, 0.1) is 6.92 Å². The van der Waals surface area contributed by atoms with Crippen molar-refractivity contribution >= 4 is 69.5 Å². The molecule has 1 heterocycles. The first-order valence-corrected chi connectivity index (χ1v) is 7.45. The summed E-state index contributed by atoms with van der Waals surface area (Å²) in [5, 5.41) is 6.01. The van der Waals surface area contributed by atoms with Crippen LogP contribution >= 0.6 is 47.2 Å². The minimum Gasteiger partial charge on any atom is -0.355 e. The summed E-state index contributed by atoms with van der Waals surface area (Å²) in [6.45, 7) is 1.95. The predicted molar refractivity (Wildman–Crippen MR) is 98.5 cm³/mol. The molecule has 2 nitrogen and oxygen atoms in total. The van der Waals surface area contributed by atoms with Gasteiger partial charge in [0.2, 0.25) is 0 Å². The molecule has 3 rings (SSSR count). The van der Waals surface area contributed by atoms with Gasteiger partial charge in [-0.2, -0.15) is 0 Å². The molecule has 0 saturated heterocycles. The lowest BCUT2D eigenvalue weighted by Crippen LogP contribution is -1.95. The summed E-state index contributed by atoms with van der Waals surface area (Å²) in [4.78, 5) is 4.50. The quantitative estimate of drug-likeness (QED) is 0.542. The van der Waals surface area contributed by atoms with Crippen LogP contribution in [-0.4, -0.2) is 4.98 Å². The molecule has 1 N–H and O–H groups in total. The lowest BCUT2D eigenvalue weighted by atomic mass is 10.1. The Morgan fingerprint density at radius 2 is 1.68 bits per heavy atom. The molecule has 0 bridgehead atoms. The van der Waals surface area contributed by atoms with Gasteiger partial charge in [-0.1, -0.05) is 34.8 Å². The van der Waals surface area contributed by atoms with E-state index in [2.05, 4.69) is 10.3 Å². The molecule has 6 heteroatoms. The van der Waals surface area contributed by atoms with Crippen LogP contribution in [0.2, 0.25) is 15.1 Å². The molecule has 0 saturated carbocycles. The molecule has 0 spiro atoms. The van der Waals surface area contributed by atoms with Crippen molar-refractivity contribution < 1.29 is 0 Å². The number of aryl methyl sites for hydroxylation is 1. The Labute approximate surface area is 149 Å². The molecule has 0 aliphatic rings. The number of aromatic nitrogens is 1. The summed E-state index contributed by atoms with van der Waals surface area (Å²) < 4.78 is 0. The molecular formula is C16H12Cl4N2. The molecule has 0 unspecified atom stereocenters. The topological polar surface area (TPSA) is 24.9 Å². The van der Waals surface area contributed by atoms with E-state index in [0.717, 1.165) is 28.0 Å². The van der Waals surface area contributed by atoms with Crippen molar-refractivity contribution in [2.75, 3.05) is 5.32 Å². The third-order valence-corrected chi connectivity index (χ3v) is 4.07. The van der Waals surface area contributed by atoms with E-state index >= 15 is 0 Å². The molecule has 0 fully saturated rings. The van der Waals surface area contributed by atoms with E-state index in [4.69, 9.17) is 34.8 Å². The zero-order valence-electron chi connectivity index (χ0n) is 11.5. The number of hydrogen-bond donors (Lipinski definition) is 1. The van der Waals surface area contributed by atoms with Crippen molar-refractivity contribution in [3.63, 3.8) is 0 Å². The van der Waals surface area contributed by atoms with Gasteiger partial charge < -0.3 is 5.32 Å². The highest BCUT2D eigenvalue weighted by atomic mass is 35.5. The van der Waals surface area contributed by atoms with Crippen molar-refractivity contribution in [1.29, 1.82) is 0 Å². The molecule has 0 aliphatic heterocycles. The fourth-order valence-electron chi connectivity index (χ4n) is 2.16. The molecule has 3 aromatic rings. The van der Waals surface area contributed by atoms with Crippen LogP contribution in [0.25, 0.3) is 10.9 Å². The van der Waals surface area contributed by atoms with Gasteiger partial charge in [0.15, 0.2) is 0 Å². The van der Waals surface area contributed by atoms with Crippen molar-refractivity contribution in [2.24, 2.45) is 0 Å². The molecule has 22 heavy (non-hydrogen) atoms. The highest BCUT2D eigenvalue weighted by Crippen LogP contribution is 2.31. The van der Waals surface area contributed by atoms with Crippen LogP contribution in [0.3, 0.4) is 0 Å². The minimum atomic E-state index is 0. The molecule has 0 radical (unpaired) electrons. The second-order valence-electron chi connectivity index (χ2n) is 4.73. The van der Waals surface area contributed by atoms with E-state index in [-0.39, 0.29) is 12.4 Å². The van der Waals surface area contributed by atoms with E-state index < -0.39 is 0 Å². The summed E-state index contributed by atoms with van der Waals surface area (Å²) in [6, 6.07) is 13.0. The fourth-order valence-corrected chi connectivity index (χ4v) is 2.63. The van der Waals surface area contributed by atoms with Crippen LogP contribution < -0.4 is 5.32 Å². The monoisotopic (exact) mass is 372 g/mol. The zero-order valence-corrected chi connectivity index (χ0v) is 14.6. The van der Waals surface area contributed by atoms with E-state index in [1.54, 1.807) is 12.1 Å². The fraction of sp³-hybridized carbons (Fsp3) is 0.0625. The van der Waals surface area contributed by atoms with Crippen LogP contribution in [-0.2, 0) is 0 Å². The Morgan fingerprint density at radius 1 is 0.909 bits per heavy atom. The van der Waals surface area contributed by atoms with Crippen LogP contribution in [0.15, 0.2) is 42.5 Å². The van der Waals surface area contributed by atoms with Gasteiger partial charge in [-0.3, -0.25) is 4.98 Å². The summed E-state index contributed by atoms with van der Waals surface area (Å²) in [6.07, 6.45) is 0. The largest absolute Gasteiger partial charge is 0.355 e. The van der Waals surface area contributed by atoms with Gasteiger partial charge in [0.25, 0.3) is 0 Å². The number of benzene rings is 2. The predicted octanol–water partition coefficient (Wildman–Crippen LogP) is 6.67. The number of pyridine rings is 1. The van der Waals surface area contributed by atoms with Crippen LogP contribution in [0.5, 0.6) is 0 Å². The normalized spacial score (nSPS) is 10.4. The second kappa shape index (κ2) is 6.93. The number of nitrogens with one attached hydrogen (secondary N) is 1. The molecule has 1 aromatic heterocycles. The Morgan fingerprint density at radius 3 is 2.41 bits per heavy atom. The average molecular weight is 374 g/mol. The lowest BCUT2D eigenvalue weighted by Gasteiger charge is -2.12. The Kier molecular flexibility index (Phi) is 5.41. The van der Waals surface area contributed by atoms with Crippen molar-refractivity contribution in [1.82, 2.24) is 4.98 Å². The van der Waals surface area contributed by atoms with E-state index in [9.17, 15) is 0 Å². The number of rotatable bonds is 2. The molecule has 0 amide bonds. The SMILES string of the molecule is Cc1cc(Nc2ccc(Cl)c(Cl)c2)c2cc(Cl)ccc2n1.Cl. The minimum absolute atomic E-state index is 0. The maximum absolute atomic E-state index is 6.09.